The average molecular weight is 294 g/mol. The highest BCUT2D eigenvalue weighted by Gasteiger charge is 2.08. The maximum Gasteiger partial charge on any atom is 0.159 e. The van der Waals surface area contributed by atoms with Gasteiger partial charge in [0.2, 0.25) is 0 Å². The van der Waals surface area contributed by atoms with Crippen LogP contribution in [-0.4, -0.2) is 71.4 Å². The summed E-state index contributed by atoms with van der Waals surface area (Å²) in [6.07, 6.45) is 1.98. The molecule has 0 aliphatic rings. The maximum absolute atomic E-state index is 8.94. The number of rotatable bonds is 16. The van der Waals surface area contributed by atoms with Gasteiger partial charge in [-0.15, -0.1) is 0 Å². The van der Waals surface area contributed by atoms with E-state index in [0.717, 1.165) is 12.8 Å². The molecule has 0 saturated heterocycles. The van der Waals surface area contributed by atoms with Crippen LogP contribution in [0.2, 0.25) is 0 Å². The first-order valence-electron chi connectivity index (χ1n) is 7.33. The molecule has 1 N–H and O–H groups in total. The normalized spacial score (nSPS) is 12.8. The predicted octanol–water partition coefficient (Wildman–Crippen LogP) is 1.21. The molecule has 6 nitrogen and oxygen atoms in total. The van der Waals surface area contributed by atoms with Crippen molar-refractivity contribution in [3.05, 3.63) is 0 Å². The highest BCUT2D eigenvalue weighted by atomic mass is 16.7. The quantitative estimate of drug-likeness (QED) is 0.341. The van der Waals surface area contributed by atoms with Gasteiger partial charge in [-0.1, -0.05) is 0 Å². The summed E-state index contributed by atoms with van der Waals surface area (Å²) in [4.78, 5) is 0. The molecule has 0 aromatic rings. The lowest BCUT2D eigenvalue weighted by Crippen LogP contribution is -2.22. The number of hydrogen-bond acceptors (Lipinski definition) is 6. The van der Waals surface area contributed by atoms with Crippen molar-refractivity contribution in [2.24, 2.45) is 0 Å². The van der Waals surface area contributed by atoms with Gasteiger partial charge in [0, 0.05) is 40.0 Å². The SMILES string of the molecule is CCOCCOC(CCO)OCCCCOCCOC. The van der Waals surface area contributed by atoms with Crippen molar-refractivity contribution in [2.45, 2.75) is 32.5 Å². The smallest absolute Gasteiger partial charge is 0.159 e. The summed E-state index contributed by atoms with van der Waals surface area (Å²) in [5.74, 6) is 0. The largest absolute Gasteiger partial charge is 0.396 e. The van der Waals surface area contributed by atoms with E-state index >= 15 is 0 Å². The molecule has 20 heavy (non-hydrogen) atoms. The Morgan fingerprint density at radius 3 is 2.25 bits per heavy atom. The first kappa shape index (κ1) is 19.8. The second kappa shape index (κ2) is 16.8. The Labute approximate surface area is 122 Å². The van der Waals surface area contributed by atoms with Crippen LogP contribution in [0, 0.1) is 0 Å². The zero-order valence-electron chi connectivity index (χ0n) is 12.8. The van der Waals surface area contributed by atoms with E-state index in [4.69, 9.17) is 28.8 Å². The van der Waals surface area contributed by atoms with Gasteiger partial charge < -0.3 is 28.8 Å². The van der Waals surface area contributed by atoms with Crippen LogP contribution in [0.5, 0.6) is 0 Å². The molecule has 0 aromatic carbocycles. The molecule has 1 unspecified atom stereocenters. The van der Waals surface area contributed by atoms with Crippen LogP contribution in [-0.2, 0) is 23.7 Å². The lowest BCUT2D eigenvalue weighted by atomic mass is 10.3. The van der Waals surface area contributed by atoms with Crippen LogP contribution in [0.15, 0.2) is 0 Å². The van der Waals surface area contributed by atoms with Gasteiger partial charge >= 0.3 is 0 Å². The van der Waals surface area contributed by atoms with E-state index in [2.05, 4.69) is 0 Å². The van der Waals surface area contributed by atoms with Crippen LogP contribution in [0.4, 0.5) is 0 Å². The third kappa shape index (κ3) is 14.2. The molecule has 0 aromatic heterocycles. The Morgan fingerprint density at radius 1 is 0.850 bits per heavy atom. The molecule has 0 heterocycles. The van der Waals surface area contributed by atoms with Crippen molar-refractivity contribution in [3.8, 4) is 0 Å². The van der Waals surface area contributed by atoms with Gasteiger partial charge in [-0.05, 0) is 19.8 Å². The Balaban J connectivity index is 3.40. The van der Waals surface area contributed by atoms with Gasteiger partial charge in [0.15, 0.2) is 6.29 Å². The molecule has 122 valence electrons. The van der Waals surface area contributed by atoms with E-state index in [1.165, 1.54) is 0 Å². The van der Waals surface area contributed by atoms with Crippen molar-refractivity contribution in [3.63, 3.8) is 0 Å². The van der Waals surface area contributed by atoms with Crippen LogP contribution in [0.25, 0.3) is 0 Å². The number of hydrogen-bond donors (Lipinski definition) is 1. The van der Waals surface area contributed by atoms with Crippen molar-refractivity contribution < 1.29 is 28.8 Å². The molecular weight excluding hydrogens is 264 g/mol. The Bertz CT molecular complexity index is 179. The van der Waals surface area contributed by atoms with Gasteiger partial charge in [-0.25, -0.2) is 0 Å². The standard InChI is InChI=1S/C14H30O6/c1-3-17-12-13-20-14(6-7-15)19-9-5-4-8-18-11-10-16-2/h14-15H,3-13H2,1-2H3. The van der Waals surface area contributed by atoms with Gasteiger partial charge in [0.1, 0.15) is 0 Å². The molecule has 0 spiro atoms. The number of aliphatic hydroxyl groups is 1. The van der Waals surface area contributed by atoms with Gasteiger partial charge in [0.05, 0.1) is 26.4 Å². The lowest BCUT2D eigenvalue weighted by molar-refractivity contribution is -0.158. The summed E-state index contributed by atoms with van der Waals surface area (Å²) < 4.78 is 26.5. The Morgan fingerprint density at radius 2 is 1.55 bits per heavy atom. The van der Waals surface area contributed by atoms with E-state index in [1.54, 1.807) is 7.11 Å². The second-order valence-electron chi connectivity index (χ2n) is 4.19. The molecule has 1 atom stereocenters. The third-order valence-corrected chi connectivity index (χ3v) is 2.52. The maximum atomic E-state index is 8.94. The molecule has 0 fully saturated rings. The summed E-state index contributed by atoms with van der Waals surface area (Å²) in [6, 6.07) is 0. The van der Waals surface area contributed by atoms with Gasteiger partial charge in [-0.3, -0.25) is 0 Å². The van der Waals surface area contributed by atoms with E-state index in [1.807, 2.05) is 6.92 Å². The molecule has 0 aliphatic carbocycles. The summed E-state index contributed by atoms with van der Waals surface area (Å²) in [7, 11) is 1.66. The lowest BCUT2D eigenvalue weighted by Gasteiger charge is -2.17. The van der Waals surface area contributed by atoms with E-state index in [-0.39, 0.29) is 12.9 Å². The number of methoxy groups -OCH3 is 1. The zero-order chi connectivity index (χ0) is 14.9. The topological polar surface area (TPSA) is 66.4 Å². The van der Waals surface area contributed by atoms with E-state index < -0.39 is 0 Å². The number of unbranched alkanes of at least 4 members (excludes halogenated alkanes) is 1. The highest BCUT2D eigenvalue weighted by molar-refractivity contribution is 4.46. The van der Waals surface area contributed by atoms with Crippen molar-refractivity contribution in [1.29, 1.82) is 0 Å². The van der Waals surface area contributed by atoms with E-state index in [0.29, 0.717) is 52.7 Å². The van der Waals surface area contributed by atoms with Crippen LogP contribution >= 0.6 is 0 Å². The second-order valence-corrected chi connectivity index (χ2v) is 4.19. The van der Waals surface area contributed by atoms with Gasteiger partial charge in [-0.2, -0.15) is 0 Å². The number of ether oxygens (including phenoxy) is 5. The van der Waals surface area contributed by atoms with Crippen LogP contribution < -0.4 is 0 Å². The third-order valence-electron chi connectivity index (χ3n) is 2.52. The summed E-state index contributed by atoms with van der Waals surface area (Å²) in [5, 5.41) is 8.94. The molecule has 0 radical (unpaired) electrons. The summed E-state index contributed by atoms with van der Waals surface area (Å²) in [6.45, 7) is 6.28. The first-order valence-corrected chi connectivity index (χ1v) is 7.33. The number of aliphatic hydroxyl groups excluding tert-OH is 1. The molecule has 0 bridgehead atoms. The molecular formula is C14H30O6. The van der Waals surface area contributed by atoms with Crippen molar-refractivity contribution >= 4 is 0 Å². The van der Waals surface area contributed by atoms with Crippen LogP contribution in [0.3, 0.4) is 0 Å². The van der Waals surface area contributed by atoms with Crippen molar-refractivity contribution in [2.75, 3.05) is 60.0 Å². The summed E-state index contributed by atoms with van der Waals surface area (Å²) in [5.41, 5.74) is 0. The molecule has 0 saturated carbocycles. The monoisotopic (exact) mass is 294 g/mol. The zero-order valence-corrected chi connectivity index (χ0v) is 12.8. The highest BCUT2D eigenvalue weighted by Crippen LogP contribution is 2.03. The molecule has 0 amide bonds. The fourth-order valence-electron chi connectivity index (χ4n) is 1.47. The van der Waals surface area contributed by atoms with Crippen molar-refractivity contribution in [1.82, 2.24) is 0 Å². The van der Waals surface area contributed by atoms with E-state index in [9.17, 15) is 0 Å². The predicted molar refractivity (Wildman–Crippen MR) is 75.8 cm³/mol. The fraction of sp³-hybridized carbons (Fsp3) is 1.00. The minimum atomic E-state index is -0.352. The minimum Gasteiger partial charge on any atom is -0.396 e. The average Bonchev–Trinajstić information content (AvgIpc) is 2.46. The molecule has 0 aliphatic heterocycles. The van der Waals surface area contributed by atoms with Gasteiger partial charge in [0.25, 0.3) is 0 Å². The fourth-order valence-corrected chi connectivity index (χ4v) is 1.47. The minimum absolute atomic E-state index is 0.0550. The Hall–Kier alpha value is -0.240. The van der Waals surface area contributed by atoms with Crippen LogP contribution in [0.1, 0.15) is 26.2 Å². The Kier molecular flexibility index (Phi) is 16.6. The first-order chi connectivity index (χ1) is 9.85. The summed E-state index contributed by atoms with van der Waals surface area (Å²) >= 11 is 0. The molecule has 0 rings (SSSR count). The molecule has 6 heteroatoms.